The van der Waals surface area contributed by atoms with Gasteiger partial charge in [-0.15, -0.1) is 0 Å². The number of nitrogens with two attached hydrogens (primary N) is 1. The molecule has 194 valence electrons. The third-order valence-corrected chi connectivity index (χ3v) is 7.49. The van der Waals surface area contributed by atoms with Gasteiger partial charge in [-0.2, -0.15) is 0 Å². The van der Waals surface area contributed by atoms with Crippen molar-refractivity contribution in [2.24, 2.45) is 11.1 Å². The smallest absolute Gasteiger partial charge is 0.293 e. The molecule has 0 amide bonds. The number of nitrogens with zero attached hydrogens (tertiary/aromatic N) is 1. The standard InChI is InChI=1S/C30H33FN2O4/c1-21(32)26-6-4-7-27(29(26)31)24-13-22(16-37-28-8-3-2-5-23(28)17-35-20-34)14-25(15-24)33-11-9-30(10-12-33)18-36-19-30/h2-8,13-15,20-21H,9-12,16-19,32H2,1H3/t21-/m0/s1. The van der Waals surface area contributed by atoms with Crippen LogP contribution in [0, 0.1) is 11.2 Å². The zero-order chi connectivity index (χ0) is 25.8. The topological polar surface area (TPSA) is 74.0 Å². The van der Waals surface area contributed by atoms with E-state index in [1.54, 1.807) is 19.1 Å². The molecule has 0 unspecified atom stereocenters. The van der Waals surface area contributed by atoms with Crippen LogP contribution in [0.2, 0.25) is 0 Å². The first-order valence-electron chi connectivity index (χ1n) is 12.7. The summed E-state index contributed by atoms with van der Waals surface area (Å²) in [5, 5.41) is 0. The van der Waals surface area contributed by atoms with Crippen molar-refractivity contribution in [1.82, 2.24) is 0 Å². The fraction of sp³-hybridized carbons (Fsp3) is 0.367. The Labute approximate surface area is 217 Å². The zero-order valence-corrected chi connectivity index (χ0v) is 21.1. The van der Waals surface area contributed by atoms with Gasteiger partial charge in [0.2, 0.25) is 0 Å². The first-order valence-corrected chi connectivity index (χ1v) is 12.7. The highest BCUT2D eigenvalue weighted by atomic mass is 19.1. The lowest BCUT2D eigenvalue weighted by Crippen LogP contribution is -2.50. The number of halogens is 1. The predicted molar refractivity (Wildman–Crippen MR) is 141 cm³/mol. The molecule has 2 fully saturated rings. The lowest BCUT2D eigenvalue weighted by molar-refractivity contribution is -0.129. The largest absolute Gasteiger partial charge is 0.488 e. The van der Waals surface area contributed by atoms with Crippen molar-refractivity contribution in [3.05, 3.63) is 83.2 Å². The van der Waals surface area contributed by atoms with Gasteiger partial charge in [0.25, 0.3) is 6.47 Å². The lowest BCUT2D eigenvalue weighted by atomic mass is 9.76. The van der Waals surface area contributed by atoms with Crippen molar-refractivity contribution in [2.75, 3.05) is 31.2 Å². The third kappa shape index (κ3) is 5.48. The van der Waals surface area contributed by atoms with Crippen molar-refractivity contribution in [3.8, 4) is 16.9 Å². The summed E-state index contributed by atoms with van der Waals surface area (Å²) < 4.78 is 32.1. The molecule has 2 aliphatic heterocycles. The Kier molecular flexibility index (Phi) is 7.44. The number of ether oxygens (including phenoxy) is 3. The van der Waals surface area contributed by atoms with Crippen molar-refractivity contribution in [3.63, 3.8) is 0 Å². The fourth-order valence-corrected chi connectivity index (χ4v) is 5.19. The highest BCUT2D eigenvalue weighted by Crippen LogP contribution is 2.40. The van der Waals surface area contributed by atoms with E-state index in [0.717, 1.165) is 61.5 Å². The van der Waals surface area contributed by atoms with Gasteiger partial charge in [0.15, 0.2) is 0 Å². The Bertz CT molecular complexity index is 1250. The van der Waals surface area contributed by atoms with Gasteiger partial charge in [0.05, 0.1) is 13.2 Å². The summed E-state index contributed by atoms with van der Waals surface area (Å²) in [5.74, 6) is 0.355. The molecule has 0 saturated carbocycles. The van der Waals surface area contributed by atoms with Crippen molar-refractivity contribution >= 4 is 12.2 Å². The van der Waals surface area contributed by atoms with Gasteiger partial charge < -0.3 is 24.8 Å². The lowest BCUT2D eigenvalue weighted by Gasteiger charge is -2.48. The summed E-state index contributed by atoms with van der Waals surface area (Å²) in [6.45, 7) is 6.21. The molecule has 5 rings (SSSR count). The Hall–Kier alpha value is -3.42. The van der Waals surface area contributed by atoms with E-state index < -0.39 is 6.04 Å². The molecule has 6 nitrogen and oxygen atoms in total. The number of carbonyl (C=O) groups is 1. The van der Waals surface area contributed by atoms with Crippen LogP contribution in [0.1, 0.15) is 42.5 Å². The van der Waals surface area contributed by atoms with Crippen LogP contribution in [0.25, 0.3) is 11.1 Å². The highest BCUT2D eigenvalue weighted by molar-refractivity contribution is 5.71. The molecule has 3 aromatic carbocycles. The van der Waals surface area contributed by atoms with Gasteiger partial charge in [0.1, 0.15) is 24.8 Å². The molecule has 2 aliphatic rings. The van der Waals surface area contributed by atoms with E-state index in [9.17, 15) is 4.79 Å². The predicted octanol–water partition coefficient (Wildman–Crippen LogP) is 5.38. The summed E-state index contributed by atoms with van der Waals surface area (Å²) in [6, 6.07) is 18.6. The SMILES string of the molecule is C[C@H](N)c1cccc(-c2cc(COc3ccccc3COC=O)cc(N3CCC4(CC3)COC4)c2)c1F. The van der Waals surface area contributed by atoms with E-state index in [1.165, 1.54) is 0 Å². The number of carbonyl (C=O) groups excluding carboxylic acids is 1. The molecule has 0 bridgehead atoms. The minimum absolute atomic E-state index is 0.138. The van der Waals surface area contributed by atoms with E-state index in [-0.39, 0.29) is 12.4 Å². The van der Waals surface area contributed by atoms with E-state index in [2.05, 4.69) is 17.0 Å². The molecule has 3 aromatic rings. The molecule has 0 aliphatic carbocycles. The molecular weight excluding hydrogens is 471 g/mol. The Morgan fingerprint density at radius 2 is 1.86 bits per heavy atom. The maximum atomic E-state index is 15.5. The Balaban J connectivity index is 1.46. The van der Waals surface area contributed by atoms with Crippen molar-refractivity contribution in [2.45, 2.75) is 39.0 Å². The van der Waals surface area contributed by atoms with Crippen LogP contribution in [0.5, 0.6) is 5.75 Å². The first kappa shape index (κ1) is 25.2. The maximum Gasteiger partial charge on any atom is 0.293 e. The summed E-state index contributed by atoms with van der Waals surface area (Å²) >= 11 is 0. The van der Waals surface area contributed by atoms with Gasteiger partial charge in [-0.1, -0.05) is 36.4 Å². The first-order chi connectivity index (χ1) is 18.0. The molecule has 37 heavy (non-hydrogen) atoms. The number of hydrogen-bond acceptors (Lipinski definition) is 6. The van der Waals surface area contributed by atoms with Crippen LogP contribution in [0.3, 0.4) is 0 Å². The van der Waals surface area contributed by atoms with Crippen LogP contribution in [0.15, 0.2) is 60.7 Å². The summed E-state index contributed by atoms with van der Waals surface area (Å²) in [7, 11) is 0. The number of piperidine rings is 1. The minimum Gasteiger partial charge on any atom is -0.488 e. The number of benzene rings is 3. The van der Waals surface area contributed by atoms with Gasteiger partial charge in [-0.25, -0.2) is 4.39 Å². The third-order valence-electron chi connectivity index (χ3n) is 7.49. The number of anilines is 1. The average molecular weight is 505 g/mol. The number of rotatable bonds is 9. The Morgan fingerprint density at radius 3 is 2.57 bits per heavy atom. The molecule has 1 atom stereocenters. The summed E-state index contributed by atoms with van der Waals surface area (Å²) in [4.78, 5) is 13.0. The van der Waals surface area contributed by atoms with Crippen LogP contribution in [0.4, 0.5) is 10.1 Å². The van der Waals surface area contributed by atoms with Gasteiger partial charge in [-0.3, -0.25) is 4.79 Å². The van der Waals surface area contributed by atoms with Gasteiger partial charge in [0, 0.05) is 46.9 Å². The van der Waals surface area contributed by atoms with E-state index >= 15 is 4.39 Å². The minimum atomic E-state index is -0.404. The normalized spacial score (nSPS) is 17.2. The maximum absolute atomic E-state index is 15.5. The number of hydrogen-bond donors (Lipinski definition) is 1. The van der Waals surface area contributed by atoms with Crippen molar-refractivity contribution < 1.29 is 23.4 Å². The second-order valence-electron chi connectivity index (χ2n) is 10.2. The number of para-hydroxylation sites is 1. The molecule has 1 spiro atoms. The molecule has 2 heterocycles. The summed E-state index contributed by atoms with van der Waals surface area (Å²) in [6.07, 6.45) is 2.17. The van der Waals surface area contributed by atoms with Crippen molar-refractivity contribution in [1.29, 1.82) is 0 Å². The van der Waals surface area contributed by atoms with E-state index in [1.807, 2.05) is 36.4 Å². The second-order valence-corrected chi connectivity index (χ2v) is 10.2. The molecule has 0 radical (unpaired) electrons. The van der Waals surface area contributed by atoms with E-state index in [4.69, 9.17) is 19.9 Å². The van der Waals surface area contributed by atoms with Crippen LogP contribution in [-0.2, 0) is 27.5 Å². The average Bonchev–Trinajstić information content (AvgIpc) is 2.90. The zero-order valence-electron chi connectivity index (χ0n) is 21.1. The van der Waals surface area contributed by atoms with E-state index in [0.29, 0.717) is 35.4 Å². The fourth-order valence-electron chi connectivity index (χ4n) is 5.19. The van der Waals surface area contributed by atoms with Crippen LogP contribution < -0.4 is 15.4 Å². The monoisotopic (exact) mass is 504 g/mol. The molecule has 0 aromatic heterocycles. The van der Waals surface area contributed by atoms with Gasteiger partial charge in [-0.05, 0) is 55.2 Å². The highest BCUT2D eigenvalue weighted by Gasteiger charge is 2.41. The quantitative estimate of drug-likeness (QED) is 0.395. The Morgan fingerprint density at radius 1 is 1.08 bits per heavy atom. The van der Waals surface area contributed by atoms with Crippen LogP contribution >= 0.6 is 0 Å². The molecule has 7 heteroatoms. The summed E-state index contributed by atoms with van der Waals surface area (Å²) in [5.41, 5.74) is 10.9. The van der Waals surface area contributed by atoms with Gasteiger partial charge >= 0.3 is 0 Å². The molecular formula is C30H33FN2O4. The molecule has 2 saturated heterocycles. The second kappa shape index (κ2) is 10.9. The molecule has 2 N–H and O–H groups in total. The van der Waals surface area contributed by atoms with Crippen LogP contribution in [-0.4, -0.2) is 32.8 Å².